The summed E-state index contributed by atoms with van der Waals surface area (Å²) in [5, 5.41) is 0. The molecule has 0 radical (unpaired) electrons. The van der Waals surface area contributed by atoms with Crippen molar-refractivity contribution in [3.8, 4) is 0 Å². The third-order valence-electron chi connectivity index (χ3n) is 1.91. The van der Waals surface area contributed by atoms with Crippen LogP contribution in [0.1, 0.15) is 19.0 Å². The first-order valence-corrected chi connectivity index (χ1v) is 4.36. The Morgan fingerprint density at radius 2 is 2.42 bits per heavy atom. The smallest absolute Gasteiger partial charge is 0.0948 e. The predicted octanol–water partition coefficient (Wildman–Crippen LogP) is 1.48. The fourth-order valence-corrected chi connectivity index (χ4v) is 1.22. The summed E-state index contributed by atoms with van der Waals surface area (Å²) in [6, 6.07) is 0. The molecule has 0 saturated heterocycles. The Morgan fingerprint density at radius 3 is 3.08 bits per heavy atom. The van der Waals surface area contributed by atoms with Gasteiger partial charge in [0.2, 0.25) is 0 Å². The molecule has 0 saturated carbocycles. The molecule has 0 fully saturated rings. The Bertz CT molecular complexity index is 220. The van der Waals surface area contributed by atoms with Crippen LogP contribution in [-0.4, -0.2) is 23.3 Å². The van der Waals surface area contributed by atoms with Gasteiger partial charge in [0.05, 0.1) is 6.33 Å². The molecule has 0 spiro atoms. The Hall–Kier alpha value is -0.830. The minimum Gasteiger partial charge on any atom is -0.385 e. The van der Waals surface area contributed by atoms with Gasteiger partial charge in [-0.2, -0.15) is 0 Å². The van der Waals surface area contributed by atoms with Gasteiger partial charge in [-0.25, -0.2) is 4.98 Å². The zero-order chi connectivity index (χ0) is 8.81. The number of aryl methyl sites for hydroxylation is 2. The van der Waals surface area contributed by atoms with Crippen molar-refractivity contribution >= 4 is 0 Å². The van der Waals surface area contributed by atoms with Crippen LogP contribution in [0, 0.1) is 0 Å². The van der Waals surface area contributed by atoms with E-state index < -0.39 is 0 Å². The molecular weight excluding hydrogens is 152 g/mol. The number of rotatable bonds is 5. The molecule has 0 aliphatic rings. The zero-order valence-electron chi connectivity index (χ0n) is 7.79. The lowest BCUT2D eigenvalue weighted by Crippen LogP contribution is -2.03. The Labute approximate surface area is 73.4 Å². The summed E-state index contributed by atoms with van der Waals surface area (Å²) < 4.78 is 7.16. The number of aromatic nitrogens is 2. The number of imidazole rings is 1. The van der Waals surface area contributed by atoms with Crippen molar-refractivity contribution in [1.82, 2.24) is 9.55 Å². The molecule has 1 rings (SSSR count). The van der Waals surface area contributed by atoms with Crippen LogP contribution in [0.3, 0.4) is 0 Å². The lowest BCUT2D eigenvalue weighted by atomic mass is 10.3. The molecule has 0 unspecified atom stereocenters. The van der Waals surface area contributed by atoms with E-state index >= 15 is 0 Å². The van der Waals surface area contributed by atoms with Gasteiger partial charge in [0.15, 0.2) is 0 Å². The lowest BCUT2D eigenvalue weighted by Gasteiger charge is -2.04. The van der Waals surface area contributed by atoms with Gasteiger partial charge in [-0.05, 0) is 12.8 Å². The number of hydrogen-bond donors (Lipinski definition) is 0. The average Bonchev–Trinajstić information content (AvgIpc) is 2.52. The maximum Gasteiger partial charge on any atom is 0.0948 e. The molecule has 12 heavy (non-hydrogen) atoms. The van der Waals surface area contributed by atoms with Gasteiger partial charge in [0.25, 0.3) is 0 Å². The fourth-order valence-electron chi connectivity index (χ4n) is 1.22. The van der Waals surface area contributed by atoms with E-state index in [0.717, 1.165) is 26.0 Å². The van der Waals surface area contributed by atoms with E-state index in [4.69, 9.17) is 4.74 Å². The molecule has 0 atom stereocenters. The van der Waals surface area contributed by atoms with Gasteiger partial charge in [-0.1, -0.05) is 6.92 Å². The molecule has 68 valence electrons. The number of hydrogen-bond acceptors (Lipinski definition) is 2. The maximum absolute atomic E-state index is 4.98. The Morgan fingerprint density at radius 1 is 1.58 bits per heavy atom. The molecule has 0 aliphatic heterocycles. The van der Waals surface area contributed by atoms with Crippen LogP contribution in [0.5, 0.6) is 0 Å². The molecule has 0 bridgehead atoms. The molecule has 1 aromatic heterocycles. The van der Waals surface area contributed by atoms with Crippen molar-refractivity contribution in [2.24, 2.45) is 0 Å². The highest BCUT2D eigenvalue weighted by atomic mass is 16.5. The van der Waals surface area contributed by atoms with Crippen LogP contribution in [0.4, 0.5) is 0 Å². The van der Waals surface area contributed by atoms with Crippen molar-refractivity contribution < 1.29 is 4.74 Å². The van der Waals surface area contributed by atoms with Crippen LogP contribution < -0.4 is 0 Å². The highest BCUT2D eigenvalue weighted by molar-refractivity contribution is 4.97. The molecule has 3 heteroatoms. The molecule has 1 heterocycles. The summed E-state index contributed by atoms with van der Waals surface area (Å²) in [4.78, 5) is 4.09. The van der Waals surface area contributed by atoms with Crippen molar-refractivity contribution in [3.05, 3.63) is 18.2 Å². The van der Waals surface area contributed by atoms with Crippen molar-refractivity contribution in [3.63, 3.8) is 0 Å². The topological polar surface area (TPSA) is 27.1 Å². The maximum atomic E-state index is 4.98. The summed E-state index contributed by atoms with van der Waals surface area (Å²) in [7, 11) is 1.73. The SMILES string of the molecule is CCc1cncn1CCCOC. The van der Waals surface area contributed by atoms with Crippen molar-refractivity contribution in [2.45, 2.75) is 26.3 Å². The first-order valence-electron chi connectivity index (χ1n) is 4.36. The fraction of sp³-hybridized carbons (Fsp3) is 0.667. The molecule has 0 aromatic carbocycles. The normalized spacial score (nSPS) is 10.5. The van der Waals surface area contributed by atoms with E-state index in [9.17, 15) is 0 Å². The molecule has 3 nitrogen and oxygen atoms in total. The first-order chi connectivity index (χ1) is 5.88. The standard InChI is InChI=1S/C9H16N2O/c1-3-9-7-10-8-11(9)5-4-6-12-2/h7-8H,3-6H2,1-2H3. The third-order valence-corrected chi connectivity index (χ3v) is 1.91. The Balaban J connectivity index is 2.39. The number of ether oxygens (including phenoxy) is 1. The van der Waals surface area contributed by atoms with Gasteiger partial charge in [-0.15, -0.1) is 0 Å². The van der Waals surface area contributed by atoms with Crippen molar-refractivity contribution in [2.75, 3.05) is 13.7 Å². The van der Waals surface area contributed by atoms with E-state index in [2.05, 4.69) is 16.5 Å². The van der Waals surface area contributed by atoms with E-state index in [1.807, 2.05) is 12.5 Å². The third kappa shape index (κ3) is 2.34. The summed E-state index contributed by atoms with van der Waals surface area (Å²) in [6.07, 6.45) is 5.91. The van der Waals surface area contributed by atoms with Crippen molar-refractivity contribution in [1.29, 1.82) is 0 Å². The molecule has 0 aliphatic carbocycles. The summed E-state index contributed by atoms with van der Waals surface area (Å²) in [5.74, 6) is 0. The number of nitrogens with zero attached hydrogens (tertiary/aromatic N) is 2. The summed E-state index contributed by atoms with van der Waals surface area (Å²) in [6.45, 7) is 3.97. The monoisotopic (exact) mass is 168 g/mol. The van der Waals surface area contributed by atoms with Crippen LogP contribution in [0.15, 0.2) is 12.5 Å². The van der Waals surface area contributed by atoms with Gasteiger partial charge >= 0.3 is 0 Å². The predicted molar refractivity (Wildman–Crippen MR) is 48.1 cm³/mol. The van der Waals surface area contributed by atoms with Gasteiger partial charge in [0.1, 0.15) is 0 Å². The quantitative estimate of drug-likeness (QED) is 0.623. The van der Waals surface area contributed by atoms with Crippen LogP contribution >= 0.6 is 0 Å². The minimum atomic E-state index is 0.821. The molecule has 1 aromatic rings. The second-order valence-corrected chi connectivity index (χ2v) is 2.78. The van der Waals surface area contributed by atoms with E-state index in [0.29, 0.717) is 0 Å². The van der Waals surface area contributed by atoms with E-state index in [1.54, 1.807) is 7.11 Å². The molecule has 0 amide bonds. The molecular formula is C9H16N2O. The van der Waals surface area contributed by atoms with Crippen LogP contribution in [-0.2, 0) is 17.7 Å². The van der Waals surface area contributed by atoms with Gasteiger partial charge in [-0.3, -0.25) is 0 Å². The zero-order valence-corrected chi connectivity index (χ0v) is 7.79. The highest BCUT2D eigenvalue weighted by Gasteiger charge is 1.97. The van der Waals surface area contributed by atoms with Gasteiger partial charge < -0.3 is 9.30 Å². The van der Waals surface area contributed by atoms with E-state index in [-0.39, 0.29) is 0 Å². The molecule has 0 N–H and O–H groups in total. The second kappa shape index (κ2) is 4.93. The first kappa shape index (κ1) is 9.26. The summed E-state index contributed by atoms with van der Waals surface area (Å²) in [5.41, 5.74) is 1.30. The summed E-state index contributed by atoms with van der Waals surface area (Å²) >= 11 is 0. The minimum absolute atomic E-state index is 0.821. The van der Waals surface area contributed by atoms with Gasteiger partial charge in [0, 0.05) is 32.2 Å². The van der Waals surface area contributed by atoms with E-state index in [1.165, 1.54) is 5.69 Å². The Kier molecular flexibility index (Phi) is 3.80. The van der Waals surface area contributed by atoms with Crippen LogP contribution in [0.25, 0.3) is 0 Å². The van der Waals surface area contributed by atoms with Crippen LogP contribution in [0.2, 0.25) is 0 Å². The lowest BCUT2D eigenvalue weighted by molar-refractivity contribution is 0.190. The average molecular weight is 168 g/mol. The number of methoxy groups -OCH3 is 1. The largest absolute Gasteiger partial charge is 0.385 e. The highest BCUT2D eigenvalue weighted by Crippen LogP contribution is 2.01. The second-order valence-electron chi connectivity index (χ2n) is 2.78.